The average molecular weight is 320 g/mol. The third-order valence-electron chi connectivity index (χ3n) is 3.29. The zero-order chi connectivity index (χ0) is 14.8. The first-order valence-electron chi connectivity index (χ1n) is 6.28. The van der Waals surface area contributed by atoms with Gasteiger partial charge in [-0.1, -0.05) is 12.1 Å². The maximum Gasteiger partial charge on any atom is 0.232 e. The first-order chi connectivity index (χ1) is 9.33. The van der Waals surface area contributed by atoms with E-state index in [9.17, 15) is 17.6 Å². The van der Waals surface area contributed by atoms with Crippen molar-refractivity contribution >= 4 is 25.6 Å². The standard InChI is InChI=1S/C13H15ClFNO3S/c14-20(18,19)9-11-7-13(17)16(8-11)5-4-10-2-1-3-12(15)6-10/h1-3,6,11H,4-5,7-9H2. The van der Waals surface area contributed by atoms with E-state index in [-0.39, 0.29) is 29.8 Å². The molecule has 1 heterocycles. The van der Waals surface area contributed by atoms with Gasteiger partial charge in [-0.05, 0) is 24.1 Å². The second kappa shape index (κ2) is 6.10. The van der Waals surface area contributed by atoms with Crippen LogP contribution in [-0.4, -0.2) is 38.1 Å². The quantitative estimate of drug-likeness (QED) is 0.777. The molecule has 1 atom stereocenters. The second-order valence-electron chi connectivity index (χ2n) is 5.00. The fourth-order valence-corrected chi connectivity index (χ4v) is 3.74. The first-order valence-corrected chi connectivity index (χ1v) is 8.76. The van der Waals surface area contributed by atoms with Crippen molar-refractivity contribution in [1.82, 2.24) is 4.90 Å². The molecule has 0 spiro atoms. The summed E-state index contributed by atoms with van der Waals surface area (Å²) in [6.45, 7) is 0.848. The van der Waals surface area contributed by atoms with Gasteiger partial charge in [0.2, 0.25) is 15.0 Å². The molecule has 1 fully saturated rings. The molecule has 0 saturated carbocycles. The molecule has 1 aromatic rings. The predicted octanol–water partition coefficient (Wildman–Crippen LogP) is 1.79. The minimum Gasteiger partial charge on any atom is -0.342 e. The van der Waals surface area contributed by atoms with Crippen molar-refractivity contribution < 1.29 is 17.6 Å². The van der Waals surface area contributed by atoms with E-state index in [0.29, 0.717) is 19.5 Å². The average Bonchev–Trinajstić information content (AvgIpc) is 2.64. The first kappa shape index (κ1) is 15.3. The molecule has 7 heteroatoms. The molecule has 1 amide bonds. The van der Waals surface area contributed by atoms with E-state index in [4.69, 9.17) is 10.7 Å². The molecule has 0 radical (unpaired) electrons. The van der Waals surface area contributed by atoms with Gasteiger partial charge >= 0.3 is 0 Å². The third-order valence-corrected chi connectivity index (χ3v) is 4.54. The molecular formula is C13H15ClFNO3S. The molecule has 1 saturated heterocycles. The smallest absolute Gasteiger partial charge is 0.232 e. The maximum absolute atomic E-state index is 13.0. The van der Waals surface area contributed by atoms with Gasteiger partial charge < -0.3 is 4.90 Å². The minimum absolute atomic E-state index is 0.0771. The molecule has 0 N–H and O–H groups in total. The summed E-state index contributed by atoms with van der Waals surface area (Å²) in [4.78, 5) is 13.4. The number of hydrogen-bond acceptors (Lipinski definition) is 3. The second-order valence-corrected chi connectivity index (χ2v) is 7.82. The van der Waals surface area contributed by atoms with Crippen molar-refractivity contribution in [2.24, 2.45) is 5.92 Å². The Morgan fingerprint density at radius 3 is 2.80 bits per heavy atom. The highest BCUT2D eigenvalue weighted by Gasteiger charge is 2.31. The number of benzene rings is 1. The molecule has 1 aromatic carbocycles. The Kier molecular flexibility index (Phi) is 4.65. The normalized spacial score (nSPS) is 19.6. The van der Waals surface area contributed by atoms with Gasteiger partial charge in [-0.2, -0.15) is 0 Å². The number of nitrogens with zero attached hydrogens (tertiary/aromatic N) is 1. The van der Waals surface area contributed by atoms with E-state index in [2.05, 4.69) is 0 Å². The van der Waals surface area contributed by atoms with Crippen molar-refractivity contribution in [2.45, 2.75) is 12.8 Å². The number of carbonyl (C=O) groups excluding carboxylic acids is 1. The Hall–Kier alpha value is -1.14. The Bertz CT molecular complexity index is 605. The van der Waals surface area contributed by atoms with Crippen molar-refractivity contribution in [3.63, 3.8) is 0 Å². The van der Waals surface area contributed by atoms with E-state index < -0.39 is 9.05 Å². The van der Waals surface area contributed by atoms with Crippen LogP contribution >= 0.6 is 10.7 Å². The van der Waals surface area contributed by atoms with Crippen LogP contribution in [0.4, 0.5) is 4.39 Å². The summed E-state index contributed by atoms with van der Waals surface area (Å²) < 4.78 is 35.1. The van der Waals surface area contributed by atoms with Gasteiger partial charge in [0.1, 0.15) is 5.82 Å². The van der Waals surface area contributed by atoms with Crippen LogP contribution in [0.2, 0.25) is 0 Å². The van der Waals surface area contributed by atoms with Crippen LogP contribution in [0.5, 0.6) is 0 Å². The highest BCUT2D eigenvalue weighted by atomic mass is 35.7. The predicted molar refractivity (Wildman–Crippen MR) is 74.4 cm³/mol. The number of carbonyl (C=O) groups is 1. The monoisotopic (exact) mass is 319 g/mol. The van der Waals surface area contributed by atoms with Crippen molar-refractivity contribution in [3.8, 4) is 0 Å². The van der Waals surface area contributed by atoms with Crippen LogP contribution in [0, 0.1) is 11.7 Å². The van der Waals surface area contributed by atoms with Crippen LogP contribution in [0.25, 0.3) is 0 Å². The van der Waals surface area contributed by atoms with Crippen molar-refractivity contribution in [3.05, 3.63) is 35.6 Å². The Labute approximate surface area is 121 Å². The molecule has 0 aromatic heterocycles. The largest absolute Gasteiger partial charge is 0.342 e. The number of rotatable bonds is 5. The van der Waals surface area contributed by atoms with Gasteiger partial charge in [-0.25, -0.2) is 12.8 Å². The van der Waals surface area contributed by atoms with Gasteiger partial charge in [0.15, 0.2) is 0 Å². The highest BCUT2D eigenvalue weighted by molar-refractivity contribution is 8.13. The number of likely N-dealkylation sites (tertiary alicyclic amines) is 1. The lowest BCUT2D eigenvalue weighted by Gasteiger charge is -2.16. The van der Waals surface area contributed by atoms with Gasteiger partial charge in [-0.15, -0.1) is 0 Å². The summed E-state index contributed by atoms with van der Waals surface area (Å²) in [5, 5.41) is 0. The number of amides is 1. The molecule has 1 aliphatic rings. The van der Waals surface area contributed by atoms with E-state index in [0.717, 1.165) is 5.56 Å². The summed E-state index contributed by atoms with van der Waals surface area (Å²) >= 11 is 0. The number of halogens is 2. The van der Waals surface area contributed by atoms with Crippen LogP contribution < -0.4 is 0 Å². The van der Waals surface area contributed by atoms with Gasteiger partial charge in [0.05, 0.1) is 5.75 Å². The van der Waals surface area contributed by atoms with Crippen LogP contribution in [0.1, 0.15) is 12.0 Å². The molecule has 1 unspecified atom stereocenters. The lowest BCUT2D eigenvalue weighted by atomic mass is 10.1. The molecule has 0 bridgehead atoms. The molecule has 1 aliphatic heterocycles. The summed E-state index contributed by atoms with van der Waals surface area (Å²) in [6, 6.07) is 6.22. The minimum atomic E-state index is -3.58. The van der Waals surface area contributed by atoms with Gasteiger partial charge in [0.25, 0.3) is 0 Å². The van der Waals surface area contributed by atoms with Crippen molar-refractivity contribution in [1.29, 1.82) is 0 Å². The Balaban J connectivity index is 1.89. The maximum atomic E-state index is 13.0. The van der Waals surface area contributed by atoms with E-state index in [1.165, 1.54) is 12.1 Å². The summed E-state index contributed by atoms with van der Waals surface area (Å²) in [5.74, 6) is -0.817. The van der Waals surface area contributed by atoms with Crippen molar-refractivity contribution in [2.75, 3.05) is 18.8 Å². The lowest BCUT2D eigenvalue weighted by molar-refractivity contribution is -0.127. The van der Waals surface area contributed by atoms with E-state index in [1.807, 2.05) is 0 Å². The summed E-state index contributed by atoms with van der Waals surface area (Å²) in [6.07, 6.45) is 0.749. The summed E-state index contributed by atoms with van der Waals surface area (Å²) in [7, 11) is 1.62. The third kappa shape index (κ3) is 4.45. The highest BCUT2D eigenvalue weighted by Crippen LogP contribution is 2.21. The van der Waals surface area contributed by atoms with E-state index in [1.54, 1.807) is 17.0 Å². The van der Waals surface area contributed by atoms with Crippen LogP contribution in [-0.2, 0) is 20.3 Å². The fourth-order valence-electron chi connectivity index (χ4n) is 2.42. The Morgan fingerprint density at radius 1 is 1.40 bits per heavy atom. The number of hydrogen-bond donors (Lipinski definition) is 0. The zero-order valence-electron chi connectivity index (χ0n) is 10.8. The van der Waals surface area contributed by atoms with Crippen LogP contribution in [0.3, 0.4) is 0 Å². The van der Waals surface area contributed by atoms with E-state index >= 15 is 0 Å². The molecule has 4 nitrogen and oxygen atoms in total. The topological polar surface area (TPSA) is 54.5 Å². The lowest BCUT2D eigenvalue weighted by Crippen LogP contribution is -2.28. The fraction of sp³-hybridized carbons (Fsp3) is 0.462. The Morgan fingerprint density at radius 2 is 2.15 bits per heavy atom. The zero-order valence-corrected chi connectivity index (χ0v) is 12.3. The molecule has 20 heavy (non-hydrogen) atoms. The molecule has 2 rings (SSSR count). The molecule has 110 valence electrons. The molecule has 0 aliphatic carbocycles. The van der Waals surface area contributed by atoms with Gasteiger partial charge in [0, 0.05) is 36.1 Å². The van der Waals surface area contributed by atoms with Gasteiger partial charge in [-0.3, -0.25) is 4.79 Å². The SMILES string of the molecule is O=C1CC(CS(=O)(=O)Cl)CN1CCc1cccc(F)c1. The van der Waals surface area contributed by atoms with Crippen LogP contribution in [0.15, 0.2) is 24.3 Å². The summed E-state index contributed by atoms with van der Waals surface area (Å²) in [5.41, 5.74) is 0.811. The molecular weight excluding hydrogens is 305 g/mol.